The summed E-state index contributed by atoms with van der Waals surface area (Å²) in [5, 5.41) is 0. The summed E-state index contributed by atoms with van der Waals surface area (Å²) in [5.41, 5.74) is 1.87. The zero-order valence-corrected chi connectivity index (χ0v) is 11.4. The second-order valence-electron chi connectivity index (χ2n) is 4.60. The van der Waals surface area contributed by atoms with Gasteiger partial charge >= 0.3 is 0 Å². The fraction of sp³-hybridized carbons (Fsp3) is 0.133. The molecule has 3 rings (SSSR count). The predicted molar refractivity (Wildman–Crippen MR) is 77.2 cm³/mol. The minimum Gasteiger partial charge on any atom is -0.328 e. The SMILES string of the molecule is Fc1cc(F)c2[nH]c(=S)n(CCc3ccccc3)c2c1. The first-order chi connectivity index (χ1) is 9.65. The Morgan fingerprint density at radius 2 is 1.85 bits per heavy atom. The van der Waals surface area contributed by atoms with Crippen molar-refractivity contribution in [3.8, 4) is 0 Å². The molecule has 0 aliphatic carbocycles. The summed E-state index contributed by atoms with van der Waals surface area (Å²) in [5.74, 6) is -1.22. The van der Waals surface area contributed by atoms with E-state index in [1.54, 1.807) is 4.57 Å². The molecule has 1 N–H and O–H groups in total. The number of halogens is 2. The first kappa shape index (κ1) is 13.0. The zero-order valence-electron chi connectivity index (χ0n) is 10.6. The van der Waals surface area contributed by atoms with Crippen molar-refractivity contribution in [2.75, 3.05) is 0 Å². The van der Waals surface area contributed by atoms with Crippen molar-refractivity contribution in [3.05, 3.63) is 64.4 Å². The van der Waals surface area contributed by atoms with Crippen LogP contribution in [-0.4, -0.2) is 9.55 Å². The zero-order chi connectivity index (χ0) is 14.1. The van der Waals surface area contributed by atoms with Gasteiger partial charge in [0.05, 0.1) is 5.52 Å². The third-order valence-corrected chi connectivity index (χ3v) is 3.59. The summed E-state index contributed by atoms with van der Waals surface area (Å²) in [6.45, 7) is 0.575. The molecule has 0 atom stereocenters. The van der Waals surface area contributed by atoms with Crippen LogP contribution in [-0.2, 0) is 13.0 Å². The molecule has 0 fully saturated rings. The van der Waals surface area contributed by atoms with Crippen LogP contribution in [0.2, 0.25) is 0 Å². The molecule has 0 amide bonds. The molecule has 0 unspecified atom stereocenters. The average Bonchev–Trinajstić information content (AvgIpc) is 2.74. The Bertz CT molecular complexity index is 806. The van der Waals surface area contributed by atoms with Gasteiger partial charge < -0.3 is 9.55 Å². The Balaban J connectivity index is 1.99. The number of fused-ring (bicyclic) bond motifs is 1. The van der Waals surface area contributed by atoms with E-state index in [0.29, 0.717) is 16.8 Å². The second-order valence-corrected chi connectivity index (χ2v) is 4.99. The van der Waals surface area contributed by atoms with Crippen LogP contribution in [0.1, 0.15) is 5.56 Å². The lowest BCUT2D eigenvalue weighted by Crippen LogP contribution is -2.01. The summed E-state index contributed by atoms with van der Waals surface area (Å²) in [6, 6.07) is 12.1. The Hall–Kier alpha value is -2.01. The van der Waals surface area contributed by atoms with Crippen LogP contribution in [0.5, 0.6) is 0 Å². The Labute approximate surface area is 119 Å². The first-order valence-electron chi connectivity index (χ1n) is 6.26. The molecule has 3 aromatic rings. The normalized spacial score (nSPS) is 11.1. The van der Waals surface area contributed by atoms with Gasteiger partial charge in [-0.15, -0.1) is 0 Å². The maximum Gasteiger partial charge on any atom is 0.178 e. The first-order valence-corrected chi connectivity index (χ1v) is 6.67. The molecular formula is C15H12F2N2S. The molecule has 2 aromatic carbocycles. The standard InChI is InChI=1S/C15H12F2N2S/c16-11-8-12(17)14-13(9-11)19(15(20)18-14)7-6-10-4-2-1-3-5-10/h1-5,8-9H,6-7H2,(H,18,20). The van der Waals surface area contributed by atoms with E-state index in [2.05, 4.69) is 4.98 Å². The van der Waals surface area contributed by atoms with E-state index in [4.69, 9.17) is 12.2 Å². The van der Waals surface area contributed by atoms with Crippen LogP contribution in [0.15, 0.2) is 42.5 Å². The van der Waals surface area contributed by atoms with Crippen LogP contribution in [0.25, 0.3) is 11.0 Å². The maximum absolute atomic E-state index is 13.7. The molecule has 0 saturated carbocycles. The lowest BCUT2D eigenvalue weighted by Gasteiger charge is -2.05. The fourth-order valence-electron chi connectivity index (χ4n) is 2.29. The summed E-state index contributed by atoms with van der Waals surface area (Å²) in [6.07, 6.45) is 0.750. The van der Waals surface area contributed by atoms with Crippen molar-refractivity contribution < 1.29 is 8.78 Å². The molecular weight excluding hydrogens is 278 g/mol. The molecule has 1 aromatic heterocycles. The lowest BCUT2D eigenvalue weighted by atomic mass is 10.1. The lowest BCUT2D eigenvalue weighted by molar-refractivity contribution is 0.589. The van der Waals surface area contributed by atoms with Crippen molar-refractivity contribution in [2.45, 2.75) is 13.0 Å². The predicted octanol–water partition coefficient (Wildman–Crippen LogP) is 4.22. The summed E-state index contributed by atoms with van der Waals surface area (Å²) < 4.78 is 29.2. The molecule has 5 heteroatoms. The number of imidazole rings is 1. The smallest absolute Gasteiger partial charge is 0.178 e. The molecule has 0 radical (unpaired) electrons. The monoisotopic (exact) mass is 290 g/mol. The van der Waals surface area contributed by atoms with Crippen LogP contribution in [0.3, 0.4) is 0 Å². The highest BCUT2D eigenvalue weighted by molar-refractivity contribution is 7.71. The van der Waals surface area contributed by atoms with E-state index in [-0.39, 0.29) is 5.52 Å². The van der Waals surface area contributed by atoms with Gasteiger partial charge in [-0.25, -0.2) is 8.78 Å². The van der Waals surface area contributed by atoms with Gasteiger partial charge in [0.15, 0.2) is 10.6 Å². The van der Waals surface area contributed by atoms with E-state index >= 15 is 0 Å². The maximum atomic E-state index is 13.7. The number of hydrogen-bond acceptors (Lipinski definition) is 1. The van der Waals surface area contributed by atoms with Gasteiger partial charge in [0, 0.05) is 12.6 Å². The number of nitrogens with zero attached hydrogens (tertiary/aromatic N) is 1. The van der Waals surface area contributed by atoms with E-state index in [0.717, 1.165) is 18.1 Å². The van der Waals surface area contributed by atoms with Crippen LogP contribution in [0, 0.1) is 16.4 Å². The van der Waals surface area contributed by atoms with Crippen molar-refractivity contribution in [3.63, 3.8) is 0 Å². The molecule has 1 heterocycles. The van der Waals surface area contributed by atoms with Crippen molar-refractivity contribution >= 4 is 23.3 Å². The van der Waals surface area contributed by atoms with Gasteiger partial charge in [-0.05, 0) is 30.3 Å². The number of H-pyrrole nitrogens is 1. The van der Waals surface area contributed by atoms with E-state index in [1.807, 2.05) is 30.3 Å². The Morgan fingerprint density at radius 3 is 2.60 bits per heavy atom. The molecule has 102 valence electrons. The molecule has 0 saturated heterocycles. The minimum atomic E-state index is -0.621. The number of nitrogens with one attached hydrogen (secondary N) is 1. The quantitative estimate of drug-likeness (QED) is 0.716. The Kier molecular flexibility index (Phi) is 3.36. The molecule has 20 heavy (non-hydrogen) atoms. The van der Waals surface area contributed by atoms with E-state index in [1.165, 1.54) is 6.07 Å². The van der Waals surface area contributed by atoms with Gasteiger partial charge in [-0.1, -0.05) is 30.3 Å². The third-order valence-electron chi connectivity index (χ3n) is 3.27. The van der Waals surface area contributed by atoms with Gasteiger partial charge in [0.1, 0.15) is 11.3 Å². The minimum absolute atomic E-state index is 0.254. The molecule has 2 nitrogen and oxygen atoms in total. The molecule has 0 aliphatic rings. The van der Waals surface area contributed by atoms with Gasteiger partial charge in [0.2, 0.25) is 0 Å². The topological polar surface area (TPSA) is 20.7 Å². The number of aromatic nitrogens is 2. The van der Waals surface area contributed by atoms with Crippen LogP contribution in [0.4, 0.5) is 8.78 Å². The van der Waals surface area contributed by atoms with Crippen molar-refractivity contribution in [2.24, 2.45) is 0 Å². The summed E-state index contributed by atoms with van der Waals surface area (Å²) in [4.78, 5) is 2.79. The number of aryl methyl sites for hydroxylation is 2. The van der Waals surface area contributed by atoms with Crippen LogP contribution >= 0.6 is 12.2 Å². The molecule has 0 aliphatic heterocycles. The highest BCUT2D eigenvalue weighted by Gasteiger charge is 2.10. The van der Waals surface area contributed by atoms with Gasteiger partial charge in [0.25, 0.3) is 0 Å². The average molecular weight is 290 g/mol. The fourth-order valence-corrected chi connectivity index (χ4v) is 2.58. The number of hydrogen-bond donors (Lipinski definition) is 1. The third kappa shape index (κ3) is 2.36. The second kappa shape index (κ2) is 5.17. The summed E-state index contributed by atoms with van der Waals surface area (Å²) in [7, 11) is 0. The highest BCUT2D eigenvalue weighted by atomic mass is 32.1. The largest absolute Gasteiger partial charge is 0.328 e. The van der Waals surface area contributed by atoms with Crippen molar-refractivity contribution in [1.82, 2.24) is 9.55 Å². The van der Waals surface area contributed by atoms with Gasteiger partial charge in [-0.3, -0.25) is 0 Å². The molecule has 0 bridgehead atoms. The van der Waals surface area contributed by atoms with E-state index < -0.39 is 11.6 Å². The van der Waals surface area contributed by atoms with Crippen molar-refractivity contribution in [1.29, 1.82) is 0 Å². The van der Waals surface area contributed by atoms with Crippen LogP contribution < -0.4 is 0 Å². The summed E-state index contributed by atoms with van der Waals surface area (Å²) >= 11 is 5.19. The van der Waals surface area contributed by atoms with Gasteiger partial charge in [-0.2, -0.15) is 0 Å². The number of rotatable bonds is 3. The number of benzene rings is 2. The van der Waals surface area contributed by atoms with E-state index in [9.17, 15) is 8.78 Å². The number of aromatic amines is 1. The molecule has 0 spiro atoms. The Morgan fingerprint density at radius 1 is 1.10 bits per heavy atom. The highest BCUT2D eigenvalue weighted by Crippen LogP contribution is 2.20.